The lowest BCUT2D eigenvalue weighted by atomic mass is 10.2. The minimum atomic E-state index is -0.0692. The molecule has 90 valence electrons. The van der Waals surface area contributed by atoms with Gasteiger partial charge in [0, 0.05) is 0 Å². The van der Waals surface area contributed by atoms with E-state index in [0.717, 1.165) is 17.8 Å². The van der Waals surface area contributed by atoms with E-state index in [1.54, 1.807) is 0 Å². The van der Waals surface area contributed by atoms with Crippen LogP contribution in [0.1, 0.15) is 36.8 Å². The van der Waals surface area contributed by atoms with E-state index in [1.807, 2.05) is 13.8 Å². The Balaban J connectivity index is 1.83. The zero-order chi connectivity index (χ0) is 11.8. The lowest BCUT2D eigenvalue weighted by molar-refractivity contribution is 0.0355. The molecule has 3 rings (SSSR count). The summed E-state index contributed by atoms with van der Waals surface area (Å²) in [5.41, 5.74) is 0. The Morgan fingerprint density at radius 1 is 1.29 bits per heavy atom. The molecule has 0 amide bonds. The van der Waals surface area contributed by atoms with E-state index in [0.29, 0.717) is 16.7 Å². The Hall–Kier alpha value is -1.34. The van der Waals surface area contributed by atoms with Crippen LogP contribution in [0.3, 0.4) is 0 Å². The van der Waals surface area contributed by atoms with Crippen LogP contribution < -0.4 is 0 Å². The summed E-state index contributed by atoms with van der Waals surface area (Å²) in [5, 5.41) is 13.4. The standard InChI is InChI=1S/C10H12N4O2S/c1-5-3-4-7(15-5)9-11-8(14-16-9)10-13-12-6(2)17-10/h5,7H,3-4H2,1-2H3. The monoisotopic (exact) mass is 252 g/mol. The fourth-order valence-electron chi connectivity index (χ4n) is 1.82. The number of rotatable bonds is 2. The summed E-state index contributed by atoms with van der Waals surface area (Å²) in [6, 6.07) is 0. The van der Waals surface area contributed by atoms with Gasteiger partial charge in [0.15, 0.2) is 5.01 Å². The third-order valence-corrected chi connectivity index (χ3v) is 3.50. The molecular weight excluding hydrogens is 240 g/mol. The molecule has 0 spiro atoms. The molecule has 0 N–H and O–H groups in total. The van der Waals surface area contributed by atoms with Crippen molar-refractivity contribution in [3.8, 4) is 10.8 Å². The van der Waals surface area contributed by atoms with Gasteiger partial charge in [-0.15, -0.1) is 10.2 Å². The summed E-state index contributed by atoms with van der Waals surface area (Å²) in [5.74, 6) is 1.03. The largest absolute Gasteiger partial charge is 0.365 e. The van der Waals surface area contributed by atoms with Crippen LogP contribution in [0, 0.1) is 6.92 Å². The zero-order valence-corrected chi connectivity index (χ0v) is 10.4. The smallest absolute Gasteiger partial charge is 0.256 e. The predicted octanol–water partition coefficient (Wildman–Crippen LogP) is 2.14. The maximum Gasteiger partial charge on any atom is 0.256 e. The van der Waals surface area contributed by atoms with Gasteiger partial charge in [0.2, 0.25) is 5.82 Å². The lowest BCUT2D eigenvalue weighted by Crippen LogP contribution is -2.01. The number of aromatic nitrogens is 4. The van der Waals surface area contributed by atoms with E-state index >= 15 is 0 Å². The minimum absolute atomic E-state index is 0.0692. The van der Waals surface area contributed by atoms with Crippen LogP contribution in [0.15, 0.2) is 4.52 Å². The van der Waals surface area contributed by atoms with Crippen LogP contribution in [-0.4, -0.2) is 26.4 Å². The van der Waals surface area contributed by atoms with Crippen LogP contribution in [0.4, 0.5) is 0 Å². The van der Waals surface area contributed by atoms with Crippen molar-refractivity contribution in [2.45, 2.75) is 38.9 Å². The molecular formula is C10H12N4O2S. The van der Waals surface area contributed by atoms with Crippen molar-refractivity contribution < 1.29 is 9.26 Å². The van der Waals surface area contributed by atoms with E-state index in [9.17, 15) is 0 Å². The summed E-state index contributed by atoms with van der Waals surface area (Å²) in [6.07, 6.45) is 2.15. The van der Waals surface area contributed by atoms with Crippen molar-refractivity contribution in [3.05, 3.63) is 10.9 Å². The summed E-state index contributed by atoms with van der Waals surface area (Å²) in [6.45, 7) is 3.94. The van der Waals surface area contributed by atoms with Crippen LogP contribution in [0.2, 0.25) is 0 Å². The van der Waals surface area contributed by atoms with Gasteiger partial charge in [0.05, 0.1) is 6.10 Å². The van der Waals surface area contributed by atoms with Gasteiger partial charge in [0.25, 0.3) is 5.89 Å². The van der Waals surface area contributed by atoms with Gasteiger partial charge < -0.3 is 9.26 Å². The first-order chi connectivity index (χ1) is 8.22. The normalized spacial score (nSPS) is 24.4. The van der Waals surface area contributed by atoms with Gasteiger partial charge in [-0.05, 0) is 26.7 Å². The highest BCUT2D eigenvalue weighted by Crippen LogP contribution is 2.32. The van der Waals surface area contributed by atoms with Crippen molar-refractivity contribution >= 4 is 11.3 Å². The highest BCUT2D eigenvalue weighted by molar-refractivity contribution is 7.14. The van der Waals surface area contributed by atoms with Gasteiger partial charge >= 0.3 is 0 Å². The molecule has 0 bridgehead atoms. The molecule has 3 heterocycles. The average Bonchev–Trinajstić information content (AvgIpc) is 2.96. The Kier molecular flexibility index (Phi) is 2.64. The molecule has 1 aliphatic heterocycles. The van der Waals surface area contributed by atoms with Gasteiger partial charge in [-0.3, -0.25) is 0 Å². The van der Waals surface area contributed by atoms with Crippen molar-refractivity contribution in [3.63, 3.8) is 0 Å². The fourth-order valence-corrected chi connectivity index (χ4v) is 2.44. The average molecular weight is 252 g/mol. The maximum atomic E-state index is 5.67. The van der Waals surface area contributed by atoms with Crippen LogP contribution >= 0.6 is 11.3 Å². The maximum absolute atomic E-state index is 5.67. The Bertz CT molecular complexity index is 524. The molecule has 0 aliphatic carbocycles. The topological polar surface area (TPSA) is 73.9 Å². The first-order valence-electron chi connectivity index (χ1n) is 5.52. The third-order valence-electron chi connectivity index (χ3n) is 2.67. The van der Waals surface area contributed by atoms with E-state index in [4.69, 9.17) is 9.26 Å². The highest BCUT2D eigenvalue weighted by atomic mass is 32.1. The molecule has 7 heteroatoms. The highest BCUT2D eigenvalue weighted by Gasteiger charge is 2.28. The van der Waals surface area contributed by atoms with Gasteiger partial charge in [-0.2, -0.15) is 4.98 Å². The van der Waals surface area contributed by atoms with Crippen molar-refractivity contribution in [2.75, 3.05) is 0 Å². The molecule has 0 radical (unpaired) electrons. The van der Waals surface area contributed by atoms with Crippen LogP contribution in [0.5, 0.6) is 0 Å². The Morgan fingerprint density at radius 3 is 2.82 bits per heavy atom. The fraction of sp³-hybridized carbons (Fsp3) is 0.600. The minimum Gasteiger partial charge on any atom is -0.365 e. The second-order valence-electron chi connectivity index (χ2n) is 4.10. The summed E-state index contributed by atoms with van der Waals surface area (Å²) >= 11 is 1.45. The van der Waals surface area contributed by atoms with Crippen molar-refractivity contribution in [2.24, 2.45) is 0 Å². The molecule has 1 saturated heterocycles. The summed E-state index contributed by atoms with van der Waals surface area (Å²) in [7, 11) is 0. The second-order valence-corrected chi connectivity index (χ2v) is 5.28. The zero-order valence-electron chi connectivity index (χ0n) is 9.58. The number of aryl methyl sites for hydroxylation is 1. The van der Waals surface area contributed by atoms with Crippen molar-refractivity contribution in [1.82, 2.24) is 20.3 Å². The second kappa shape index (κ2) is 4.15. The van der Waals surface area contributed by atoms with Crippen LogP contribution in [0.25, 0.3) is 10.8 Å². The SMILES string of the molecule is Cc1nnc(-c2noc(C3CCC(C)O3)n2)s1. The predicted molar refractivity (Wildman–Crippen MR) is 60.5 cm³/mol. The number of hydrogen-bond acceptors (Lipinski definition) is 7. The Labute approximate surface area is 102 Å². The molecule has 1 fully saturated rings. The molecule has 0 aromatic carbocycles. The Morgan fingerprint density at radius 2 is 2.18 bits per heavy atom. The number of hydrogen-bond donors (Lipinski definition) is 0. The molecule has 1 aliphatic rings. The first kappa shape index (κ1) is 10.8. The van der Waals surface area contributed by atoms with E-state index in [-0.39, 0.29) is 12.2 Å². The molecule has 2 atom stereocenters. The number of ether oxygens (including phenoxy) is 1. The van der Waals surface area contributed by atoms with Gasteiger partial charge in [-0.1, -0.05) is 16.5 Å². The third kappa shape index (κ3) is 2.07. The van der Waals surface area contributed by atoms with E-state index in [1.165, 1.54) is 11.3 Å². The molecule has 2 aromatic rings. The first-order valence-corrected chi connectivity index (χ1v) is 6.33. The quantitative estimate of drug-likeness (QED) is 0.815. The number of nitrogens with zero attached hydrogens (tertiary/aromatic N) is 4. The van der Waals surface area contributed by atoms with Crippen molar-refractivity contribution in [1.29, 1.82) is 0 Å². The molecule has 17 heavy (non-hydrogen) atoms. The molecule has 0 saturated carbocycles. The molecule has 6 nitrogen and oxygen atoms in total. The molecule has 2 unspecified atom stereocenters. The van der Waals surface area contributed by atoms with E-state index in [2.05, 4.69) is 20.3 Å². The summed E-state index contributed by atoms with van der Waals surface area (Å²) in [4.78, 5) is 4.32. The lowest BCUT2D eigenvalue weighted by Gasteiger charge is -2.04. The van der Waals surface area contributed by atoms with Gasteiger partial charge in [-0.25, -0.2) is 0 Å². The van der Waals surface area contributed by atoms with Crippen LogP contribution in [-0.2, 0) is 4.74 Å². The summed E-state index contributed by atoms with van der Waals surface area (Å²) < 4.78 is 10.9. The molecule has 2 aromatic heterocycles. The van der Waals surface area contributed by atoms with Gasteiger partial charge in [0.1, 0.15) is 11.1 Å². The van der Waals surface area contributed by atoms with E-state index < -0.39 is 0 Å².